The molecule has 0 aliphatic heterocycles. The van der Waals surface area contributed by atoms with Crippen LogP contribution in [0.4, 0.5) is 5.69 Å². The van der Waals surface area contributed by atoms with Crippen molar-refractivity contribution in [3.05, 3.63) is 54.6 Å². The van der Waals surface area contributed by atoms with Crippen molar-refractivity contribution in [2.45, 2.75) is 9.79 Å². The summed E-state index contributed by atoms with van der Waals surface area (Å²) in [5, 5.41) is 11.3. The van der Waals surface area contributed by atoms with Gasteiger partial charge in [0.15, 0.2) is 0 Å². The smallest absolute Gasteiger partial charge is 0.322 e. The van der Waals surface area contributed by atoms with Gasteiger partial charge in [0.05, 0.1) is 15.5 Å². The molecule has 0 spiro atoms. The van der Waals surface area contributed by atoms with Crippen molar-refractivity contribution in [2.24, 2.45) is 0 Å². The molecule has 0 radical (unpaired) electrons. The first-order valence-electron chi connectivity index (χ1n) is 5.86. The van der Waals surface area contributed by atoms with Gasteiger partial charge in [-0.1, -0.05) is 30.3 Å². The summed E-state index contributed by atoms with van der Waals surface area (Å²) in [5.74, 6) is -1.06. The number of carbonyl (C=O) groups is 1. The van der Waals surface area contributed by atoms with E-state index in [0.29, 0.717) is 0 Å². The van der Waals surface area contributed by atoms with Crippen molar-refractivity contribution in [3.8, 4) is 0 Å². The van der Waals surface area contributed by atoms with Crippen molar-refractivity contribution in [1.29, 1.82) is 0 Å². The Morgan fingerprint density at radius 1 is 1.00 bits per heavy atom. The standard InChI is InChI=1S/C14H13NO4S/c16-14(17)10-15-12-8-4-5-9-13(12)20(18,19)11-6-2-1-3-7-11/h1-9,15H,10H2,(H,16,17). The van der Waals surface area contributed by atoms with Crippen molar-refractivity contribution in [3.63, 3.8) is 0 Å². The maximum atomic E-state index is 12.5. The number of aliphatic carboxylic acids is 1. The predicted octanol–water partition coefficient (Wildman–Crippen LogP) is 2.02. The summed E-state index contributed by atoms with van der Waals surface area (Å²) >= 11 is 0. The van der Waals surface area contributed by atoms with Crippen LogP contribution in [0.2, 0.25) is 0 Å². The predicted molar refractivity (Wildman–Crippen MR) is 74.5 cm³/mol. The zero-order valence-electron chi connectivity index (χ0n) is 10.5. The molecule has 0 heterocycles. The molecule has 2 aromatic rings. The molecule has 0 bridgehead atoms. The molecule has 20 heavy (non-hydrogen) atoms. The fraction of sp³-hybridized carbons (Fsp3) is 0.0714. The zero-order valence-corrected chi connectivity index (χ0v) is 11.3. The second-order valence-corrected chi connectivity index (χ2v) is 5.98. The van der Waals surface area contributed by atoms with Gasteiger partial charge in [0.1, 0.15) is 6.54 Å². The van der Waals surface area contributed by atoms with Gasteiger partial charge >= 0.3 is 5.97 Å². The first-order valence-corrected chi connectivity index (χ1v) is 7.35. The second-order valence-electron chi connectivity index (χ2n) is 4.06. The zero-order chi connectivity index (χ0) is 14.6. The number of nitrogens with one attached hydrogen (secondary N) is 1. The molecule has 2 rings (SSSR count). The summed E-state index contributed by atoms with van der Waals surface area (Å²) in [4.78, 5) is 10.8. The Hall–Kier alpha value is -2.34. The molecular formula is C14H13NO4S. The second kappa shape index (κ2) is 5.75. The fourth-order valence-electron chi connectivity index (χ4n) is 1.74. The molecule has 0 amide bonds. The number of sulfone groups is 1. The Morgan fingerprint density at radius 2 is 1.60 bits per heavy atom. The lowest BCUT2D eigenvalue weighted by Crippen LogP contribution is -2.15. The Balaban J connectivity index is 2.45. The third kappa shape index (κ3) is 2.97. The van der Waals surface area contributed by atoms with Gasteiger partial charge in [-0.15, -0.1) is 0 Å². The number of benzene rings is 2. The first-order chi connectivity index (χ1) is 9.51. The summed E-state index contributed by atoms with van der Waals surface area (Å²) < 4.78 is 25.0. The summed E-state index contributed by atoms with van der Waals surface area (Å²) in [6.45, 7) is -0.346. The molecule has 2 aromatic carbocycles. The molecule has 0 fully saturated rings. The average Bonchev–Trinajstić information content (AvgIpc) is 2.46. The highest BCUT2D eigenvalue weighted by Crippen LogP contribution is 2.27. The van der Waals surface area contributed by atoms with Gasteiger partial charge in [-0.05, 0) is 24.3 Å². The normalized spacial score (nSPS) is 11.0. The molecule has 5 nitrogen and oxygen atoms in total. The number of carboxylic acid groups (broad SMARTS) is 1. The SMILES string of the molecule is O=C(O)CNc1ccccc1S(=O)(=O)c1ccccc1. The molecule has 0 aliphatic carbocycles. The molecule has 0 aliphatic rings. The largest absolute Gasteiger partial charge is 0.480 e. The summed E-state index contributed by atoms with van der Waals surface area (Å²) in [6, 6.07) is 14.3. The van der Waals surface area contributed by atoms with Gasteiger partial charge in [0.25, 0.3) is 0 Å². The Kier molecular flexibility index (Phi) is 4.05. The van der Waals surface area contributed by atoms with Crippen LogP contribution in [0, 0.1) is 0 Å². The number of hydrogen-bond donors (Lipinski definition) is 2. The minimum atomic E-state index is -3.67. The maximum absolute atomic E-state index is 12.5. The van der Waals surface area contributed by atoms with Crippen LogP contribution < -0.4 is 5.32 Å². The molecule has 0 unspecified atom stereocenters. The van der Waals surface area contributed by atoms with Crippen molar-refractivity contribution < 1.29 is 18.3 Å². The molecule has 104 valence electrons. The molecule has 0 atom stereocenters. The van der Waals surface area contributed by atoms with Gasteiger partial charge in [0, 0.05) is 0 Å². The fourth-order valence-corrected chi connectivity index (χ4v) is 3.20. The van der Waals surface area contributed by atoms with Crippen LogP contribution in [0.5, 0.6) is 0 Å². The van der Waals surface area contributed by atoms with E-state index in [1.807, 2.05) is 0 Å². The van der Waals surface area contributed by atoms with Crippen molar-refractivity contribution >= 4 is 21.5 Å². The quantitative estimate of drug-likeness (QED) is 0.880. The van der Waals surface area contributed by atoms with E-state index in [2.05, 4.69) is 5.32 Å². The lowest BCUT2D eigenvalue weighted by Gasteiger charge is -2.11. The molecule has 2 N–H and O–H groups in total. The molecule has 0 saturated heterocycles. The minimum Gasteiger partial charge on any atom is -0.480 e. The lowest BCUT2D eigenvalue weighted by molar-refractivity contribution is -0.134. The summed E-state index contributed by atoms with van der Waals surface area (Å²) in [5.41, 5.74) is 0.277. The average molecular weight is 291 g/mol. The van der Waals surface area contributed by atoms with Crippen molar-refractivity contribution in [1.82, 2.24) is 0 Å². The van der Waals surface area contributed by atoms with Crippen LogP contribution in [-0.4, -0.2) is 26.0 Å². The van der Waals surface area contributed by atoms with E-state index in [4.69, 9.17) is 5.11 Å². The number of rotatable bonds is 5. The Bertz CT molecular complexity index is 711. The Morgan fingerprint density at radius 3 is 2.25 bits per heavy atom. The van der Waals surface area contributed by atoms with Crippen LogP contribution in [0.3, 0.4) is 0 Å². The van der Waals surface area contributed by atoms with E-state index in [1.54, 1.807) is 36.4 Å². The van der Waals surface area contributed by atoms with E-state index in [-0.39, 0.29) is 22.0 Å². The lowest BCUT2D eigenvalue weighted by atomic mass is 10.3. The third-order valence-electron chi connectivity index (χ3n) is 2.66. The summed E-state index contributed by atoms with van der Waals surface area (Å²) in [6.07, 6.45) is 0. The number of hydrogen-bond acceptors (Lipinski definition) is 4. The highest BCUT2D eigenvalue weighted by atomic mass is 32.2. The number of para-hydroxylation sites is 1. The van der Waals surface area contributed by atoms with E-state index in [1.165, 1.54) is 18.2 Å². The highest BCUT2D eigenvalue weighted by molar-refractivity contribution is 7.91. The van der Waals surface area contributed by atoms with E-state index < -0.39 is 15.8 Å². The molecule has 0 saturated carbocycles. The van der Waals surface area contributed by atoms with Gasteiger partial charge in [-0.25, -0.2) is 8.42 Å². The van der Waals surface area contributed by atoms with Crippen LogP contribution in [0.15, 0.2) is 64.4 Å². The van der Waals surface area contributed by atoms with Crippen LogP contribution in [-0.2, 0) is 14.6 Å². The highest BCUT2D eigenvalue weighted by Gasteiger charge is 2.20. The van der Waals surface area contributed by atoms with Gasteiger partial charge < -0.3 is 10.4 Å². The minimum absolute atomic E-state index is 0.0625. The van der Waals surface area contributed by atoms with E-state index in [0.717, 1.165) is 0 Å². The maximum Gasteiger partial charge on any atom is 0.322 e. The van der Waals surface area contributed by atoms with Crippen molar-refractivity contribution in [2.75, 3.05) is 11.9 Å². The van der Waals surface area contributed by atoms with E-state index >= 15 is 0 Å². The van der Waals surface area contributed by atoms with Crippen LogP contribution in [0.25, 0.3) is 0 Å². The van der Waals surface area contributed by atoms with Gasteiger partial charge in [-0.3, -0.25) is 4.79 Å². The molecule has 6 heteroatoms. The van der Waals surface area contributed by atoms with Gasteiger partial charge in [-0.2, -0.15) is 0 Å². The number of carboxylic acids is 1. The third-order valence-corrected chi connectivity index (χ3v) is 4.49. The topological polar surface area (TPSA) is 83.5 Å². The monoisotopic (exact) mass is 291 g/mol. The Labute approximate surface area is 116 Å². The first kappa shape index (κ1) is 14.1. The molecular weight excluding hydrogens is 278 g/mol. The number of anilines is 1. The molecule has 0 aromatic heterocycles. The van der Waals surface area contributed by atoms with Crippen LogP contribution in [0.1, 0.15) is 0 Å². The van der Waals surface area contributed by atoms with E-state index in [9.17, 15) is 13.2 Å². The van der Waals surface area contributed by atoms with Gasteiger partial charge in [0.2, 0.25) is 9.84 Å². The van der Waals surface area contributed by atoms with Crippen LogP contribution >= 0.6 is 0 Å². The summed E-state index contributed by atoms with van der Waals surface area (Å²) in [7, 11) is -3.67.